The minimum absolute atomic E-state index is 0.583. The molecule has 0 spiro atoms. The molecule has 4 rings (SSSR count). The number of para-hydroxylation sites is 1. The van der Waals surface area contributed by atoms with E-state index in [4.69, 9.17) is 4.74 Å². The fourth-order valence-electron chi connectivity index (χ4n) is 2.28. The molecule has 2 heterocycles. The summed E-state index contributed by atoms with van der Waals surface area (Å²) < 4.78 is 10.3. The third kappa shape index (κ3) is 5.28. The van der Waals surface area contributed by atoms with E-state index in [1.807, 2.05) is 73.8 Å². The molecule has 0 amide bonds. The number of nitrogens with one attached hydrogen (secondary N) is 1. The van der Waals surface area contributed by atoms with Crippen molar-refractivity contribution in [3.8, 4) is 22.8 Å². The van der Waals surface area contributed by atoms with E-state index in [0.717, 1.165) is 34.9 Å². The second kappa shape index (κ2) is 9.68. The molecular formula is C22H19N3O3. The second-order valence-electron chi connectivity index (χ2n) is 5.67. The fourth-order valence-corrected chi connectivity index (χ4v) is 2.28. The predicted octanol–water partition coefficient (Wildman–Crippen LogP) is 5.07. The van der Waals surface area contributed by atoms with Crippen LogP contribution in [0.25, 0.3) is 11.3 Å². The van der Waals surface area contributed by atoms with Crippen molar-refractivity contribution in [3.05, 3.63) is 90.9 Å². The summed E-state index contributed by atoms with van der Waals surface area (Å²) in [5.41, 5.74) is 2.42. The molecule has 2 aromatic carbocycles. The van der Waals surface area contributed by atoms with Gasteiger partial charge in [0.15, 0.2) is 6.29 Å². The van der Waals surface area contributed by atoms with E-state index in [-0.39, 0.29) is 0 Å². The number of carbonyl (C=O) groups excluding carboxylic acids is 1. The molecule has 0 atom stereocenters. The standard InChI is InChI=1S/C17H15N3O.C5H4O2/c1-18-17-12-11-16(19-20-17)13-7-9-15(10-8-13)21-14-5-3-2-4-6-14;6-3-5-1-2-7-4-5/h2-12H,1H3,(H,18,20);1-4H. The summed E-state index contributed by atoms with van der Waals surface area (Å²) in [5.74, 6) is 2.37. The second-order valence-corrected chi connectivity index (χ2v) is 5.67. The summed E-state index contributed by atoms with van der Waals surface area (Å²) in [6.45, 7) is 0. The van der Waals surface area contributed by atoms with Crippen molar-refractivity contribution in [1.29, 1.82) is 0 Å². The minimum atomic E-state index is 0.583. The highest BCUT2D eigenvalue weighted by Gasteiger charge is 2.02. The summed E-state index contributed by atoms with van der Waals surface area (Å²) in [4.78, 5) is 9.81. The summed E-state index contributed by atoms with van der Waals surface area (Å²) in [6, 6.07) is 22.9. The zero-order valence-electron chi connectivity index (χ0n) is 15.3. The Hall–Kier alpha value is -3.93. The zero-order valence-corrected chi connectivity index (χ0v) is 15.3. The van der Waals surface area contributed by atoms with Crippen LogP contribution in [0.2, 0.25) is 0 Å². The van der Waals surface area contributed by atoms with Gasteiger partial charge in [-0.3, -0.25) is 4.79 Å². The highest BCUT2D eigenvalue weighted by Crippen LogP contribution is 2.24. The molecule has 4 aromatic rings. The summed E-state index contributed by atoms with van der Waals surface area (Å²) >= 11 is 0. The maximum atomic E-state index is 9.81. The van der Waals surface area contributed by atoms with Gasteiger partial charge in [0.2, 0.25) is 0 Å². The number of benzene rings is 2. The molecule has 0 aliphatic carbocycles. The lowest BCUT2D eigenvalue weighted by Crippen LogP contribution is -1.95. The molecule has 0 bridgehead atoms. The van der Waals surface area contributed by atoms with Gasteiger partial charge in [-0.05, 0) is 54.6 Å². The van der Waals surface area contributed by atoms with Crippen molar-refractivity contribution in [2.75, 3.05) is 12.4 Å². The average molecular weight is 373 g/mol. The molecular weight excluding hydrogens is 354 g/mol. The van der Waals surface area contributed by atoms with E-state index >= 15 is 0 Å². The molecule has 0 saturated carbocycles. The van der Waals surface area contributed by atoms with Crippen molar-refractivity contribution in [2.24, 2.45) is 0 Å². The Bertz CT molecular complexity index is 968. The maximum absolute atomic E-state index is 9.81. The van der Waals surface area contributed by atoms with Crippen LogP contribution >= 0.6 is 0 Å². The Kier molecular flexibility index (Phi) is 6.52. The highest BCUT2D eigenvalue weighted by atomic mass is 16.5. The summed E-state index contributed by atoms with van der Waals surface area (Å²) in [6.07, 6.45) is 3.60. The molecule has 0 saturated heterocycles. The van der Waals surface area contributed by atoms with E-state index in [2.05, 4.69) is 19.9 Å². The third-order valence-corrected chi connectivity index (χ3v) is 3.73. The molecule has 6 nitrogen and oxygen atoms in total. The first-order valence-corrected chi connectivity index (χ1v) is 8.60. The number of carbonyl (C=O) groups is 1. The van der Waals surface area contributed by atoms with Gasteiger partial charge in [-0.25, -0.2) is 0 Å². The van der Waals surface area contributed by atoms with E-state index in [1.54, 1.807) is 6.07 Å². The third-order valence-electron chi connectivity index (χ3n) is 3.73. The van der Waals surface area contributed by atoms with Crippen molar-refractivity contribution in [1.82, 2.24) is 10.2 Å². The number of hydrogen-bond donors (Lipinski definition) is 1. The van der Waals surface area contributed by atoms with Crippen LogP contribution in [0, 0.1) is 0 Å². The molecule has 6 heteroatoms. The fraction of sp³-hybridized carbons (Fsp3) is 0.0455. The van der Waals surface area contributed by atoms with Gasteiger partial charge >= 0.3 is 0 Å². The lowest BCUT2D eigenvalue weighted by atomic mass is 10.1. The highest BCUT2D eigenvalue weighted by molar-refractivity contribution is 5.73. The van der Waals surface area contributed by atoms with Crippen molar-refractivity contribution in [3.63, 3.8) is 0 Å². The van der Waals surface area contributed by atoms with Crippen LogP contribution in [0.5, 0.6) is 11.5 Å². The van der Waals surface area contributed by atoms with Crippen LogP contribution in [0.4, 0.5) is 5.82 Å². The van der Waals surface area contributed by atoms with E-state index in [1.165, 1.54) is 12.5 Å². The Labute approximate surface area is 162 Å². The first-order chi connectivity index (χ1) is 13.8. The molecule has 28 heavy (non-hydrogen) atoms. The number of hydrogen-bond acceptors (Lipinski definition) is 6. The lowest BCUT2D eigenvalue weighted by molar-refractivity contribution is 0.112. The van der Waals surface area contributed by atoms with Gasteiger partial charge in [-0.1, -0.05) is 18.2 Å². The number of anilines is 1. The first kappa shape index (κ1) is 18.8. The number of ether oxygens (including phenoxy) is 1. The predicted molar refractivity (Wildman–Crippen MR) is 108 cm³/mol. The smallest absolute Gasteiger partial charge is 0.153 e. The van der Waals surface area contributed by atoms with Crippen LogP contribution < -0.4 is 10.1 Å². The zero-order chi connectivity index (χ0) is 19.6. The molecule has 0 unspecified atom stereocenters. The van der Waals surface area contributed by atoms with E-state index in [9.17, 15) is 4.79 Å². The van der Waals surface area contributed by atoms with Crippen LogP contribution in [0.15, 0.2) is 89.7 Å². The molecule has 2 aromatic heterocycles. The molecule has 0 radical (unpaired) electrons. The van der Waals surface area contributed by atoms with Crippen molar-refractivity contribution >= 4 is 12.1 Å². The van der Waals surface area contributed by atoms with Gasteiger partial charge in [0, 0.05) is 12.6 Å². The van der Waals surface area contributed by atoms with Gasteiger partial charge in [0.05, 0.1) is 17.5 Å². The van der Waals surface area contributed by atoms with Crippen LogP contribution in [-0.4, -0.2) is 23.5 Å². The average Bonchev–Trinajstić information content (AvgIpc) is 3.30. The summed E-state index contributed by atoms with van der Waals surface area (Å²) in [5, 5.41) is 11.2. The van der Waals surface area contributed by atoms with Gasteiger partial charge in [-0.2, -0.15) is 0 Å². The van der Waals surface area contributed by atoms with Crippen molar-refractivity contribution < 1.29 is 13.9 Å². The minimum Gasteiger partial charge on any atom is -0.472 e. The molecule has 0 aliphatic heterocycles. The monoisotopic (exact) mass is 373 g/mol. The topological polar surface area (TPSA) is 77.2 Å². The van der Waals surface area contributed by atoms with Crippen molar-refractivity contribution in [2.45, 2.75) is 0 Å². The van der Waals surface area contributed by atoms with Gasteiger partial charge in [0.25, 0.3) is 0 Å². The lowest BCUT2D eigenvalue weighted by Gasteiger charge is -2.06. The molecule has 0 fully saturated rings. The maximum Gasteiger partial charge on any atom is 0.153 e. The Morgan fingerprint density at radius 2 is 1.64 bits per heavy atom. The Balaban J connectivity index is 0.000000271. The van der Waals surface area contributed by atoms with Crippen LogP contribution in [0.3, 0.4) is 0 Å². The summed E-state index contributed by atoms with van der Waals surface area (Å²) in [7, 11) is 1.82. The Morgan fingerprint density at radius 3 is 2.18 bits per heavy atom. The number of rotatable bonds is 5. The van der Waals surface area contributed by atoms with Crippen LogP contribution in [-0.2, 0) is 0 Å². The number of aromatic nitrogens is 2. The van der Waals surface area contributed by atoms with Crippen LogP contribution in [0.1, 0.15) is 10.4 Å². The largest absolute Gasteiger partial charge is 0.472 e. The first-order valence-electron chi connectivity index (χ1n) is 8.60. The molecule has 0 aliphatic rings. The molecule has 1 N–H and O–H groups in total. The number of furan rings is 1. The van der Waals surface area contributed by atoms with Gasteiger partial charge in [-0.15, -0.1) is 10.2 Å². The number of aldehydes is 1. The molecule has 140 valence electrons. The van der Waals surface area contributed by atoms with E-state index in [0.29, 0.717) is 5.56 Å². The normalized spacial score (nSPS) is 9.75. The van der Waals surface area contributed by atoms with Gasteiger partial charge in [0.1, 0.15) is 23.6 Å². The quantitative estimate of drug-likeness (QED) is 0.492. The Morgan fingerprint density at radius 1 is 0.893 bits per heavy atom. The SMILES string of the molecule is CNc1ccc(-c2ccc(Oc3ccccc3)cc2)nn1.O=Cc1ccoc1. The van der Waals surface area contributed by atoms with E-state index < -0.39 is 0 Å². The number of nitrogens with zero attached hydrogens (tertiary/aromatic N) is 2. The van der Waals surface area contributed by atoms with Gasteiger partial charge < -0.3 is 14.5 Å².